The Balaban J connectivity index is 2.97. The van der Waals surface area contributed by atoms with Crippen LogP contribution in [0.5, 0.6) is 0 Å². The fraction of sp³-hybridized carbons (Fsp3) is 0.500. The van der Waals surface area contributed by atoms with Crippen LogP contribution in [0, 0.1) is 5.82 Å². The third kappa shape index (κ3) is 3.09. The molecule has 0 saturated carbocycles. The van der Waals surface area contributed by atoms with Crippen molar-refractivity contribution in [2.45, 2.75) is 32.2 Å². The van der Waals surface area contributed by atoms with Crippen molar-refractivity contribution >= 4 is 17.4 Å². The second kappa shape index (κ2) is 5.81. The monoisotopic (exact) mass is 271 g/mol. The molecule has 1 atom stereocenters. The van der Waals surface area contributed by atoms with Gasteiger partial charge in [0, 0.05) is 11.4 Å². The van der Waals surface area contributed by atoms with Crippen LogP contribution < -0.4 is 0 Å². The molecule has 100 valence electrons. The first-order chi connectivity index (χ1) is 8.31. The SMILES string of the molecule is CCC(C)(C(=O)Cc1cc(Cl)ccc1F)N(C)C. The Kier molecular flexibility index (Phi) is 4.88. The lowest BCUT2D eigenvalue weighted by molar-refractivity contribution is -0.128. The number of likely N-dealkylation sites (N-methyl/N-ethyl adjacent to an activating group) is 1. The molecule has 0 aliphatic heterocycles. The number of halogens is 2. The van der Waals surface area contributed by atoms with E-state index in [4.69, 9.17) is 11.6 Å². The van der Waals surface area contributed by atoms with Gasteiger partial charge in [-0.2, -0.15) is 0 Å². The van der Waals surface area contributed by atoms with Crippen molar-refractivity contribution in [1.82, 2.24) is 4.90 Å². The summed E-state index contributed by atoms with van der Waals surface area (Å²) in [5.41, 5.74) is -0.219. The third-order valence-corrected chi connectivity index (χ3v) is 3.87. The molecule has 0 aliphatic carbocycles. The van der Waals surface area contributed by atoms with Gasteiger partial charge < -0.3 is 0 Å². The molecule has 0 saturated heterocycles. The summed E-state index contributed by atoms with van der Waals surface area (Å²) in [5.74, 6) is -0.388. The first-order valence-corrected chi connectivity index (χ1v) is 6.33. The van der Waals surface area contributed by atoms with E-state index >= 15 is 0 Å². The normalized spacial score (nSPS) is 14.6. The topological polar surface area (TPSA) is 20.3 Å². The summed E-state index contributed by atoms with van der Waals surface area (Å²) in [5, 5.41) is 0.447. The van der Waals surface area contributed by atoms with E-state index in [1.54, 1.807) is 0 Å². The number of benzene rings is 1. The predicted octanol–water partition coefficient (Wildman–Crippen LogP) is 3.32. The summed E-state index contributed by atoms with van der Waals surface area (Å²) in [4.78, 5) is 14.2. The maximum Gasteiger partial charge on any atom is 0.157 e. The minimum absolute atomic E-state index is 0.00355. The molecule has 0 aromatic heterocycles. The first-order valence-electron chi connectivity index (χ1n) is 5.96. The number of hydrogen-bond acceptors (Lipinski definition) is 2. The quantitative estimate of drug-likeness (QED) is 0.819. The predicted molar refractivity (Wildman–Crippen MR) is 72.5 cm³/mol. The highest BCUT2D eigenvalue weighted by Crippen LogP contribution is 2.22. The number of Topliss-reactive ketones (excluding diaryl/α,β-unsaturated/α-hetero) is 1. The van der Waals surface area contributed by atoms with Crippen LogP contribution in [0.2, 0.25) is 5.02 Å². The van der Waals surface area contributed by atoms with E-state index in [1.807, 2.05) is 32.8 Å². The first kappa shape index (κ1) is 15.1. The van der Waals surface area contributed by atoms with Crippen LogP contribution in [0.3, 0.4) is 0 Å². The summed E-state index contributed by atoms with van der Waals surface area (Å²) in [6.45, 7) is 3.82. The fourth-order valence-electron chi connectivity index (χ4n) is 1.80. The van der Waals surface area contributed by atoms with Crippen LogP contribution >= 0.6 is 11.6 Å². The zero-order valence-corrected chi connectivity index (χ0v) is 12.0. The molecular weight excluding hydrogens is 253 g/mol. The largest absolute Gasteiger partial charge is 0.297 e. The van der Waals surface area contributed by atoms with Gasteiger partial charge in [-0.15, -0.1) is 0 Å². The molecule has 0 heterocycles. The summed E-state index contributed by atoms with van der Waals surface area (Å²) < 4.78 is 13.6. The zero-order chi connectivity index (χ0) is 13.9. The van der Waals surface area contributed by atoms with Gasteiger partial charge >= 0.3 is 0 Å². The number of hydrogen-bond donors (Lipinski definition) is 0. The highest BCUT2D eigenvalue weighted by Gasteiger charge is 2.33. The summed E-state index contributed by atoms with van der Waals surface area (Å²) in [7, 11) is 3.71. The van der Waals surface area contributed by atoms with Crippen LogP contribution in [0.1, 0.15) is 25.8 Å². The lowest BCUT2D eigenvalue weighted by Gasteiger charge is -2.34. The van der Waals surface area contributed by atoms with E-state index in [0.29, 0.717) is 17.0 Å². The van der Waals surface area contributed by atoms with E-state index in [1.165, 1.54) is 18.2 Å². The highest BCUT2D eigenvalue weighted by atomic mass is 35.5. The molecular formula is C14H19ClFNO. The molecule has 0 fully saturated rings. The lowest BCUT2D eigenvalue weighted by atomic mass is 9.88. The van der Waals surface area contributed by atoms with E-state index < -0.39 is 5.54 Å². The van der Waals surface area contributed by atoms with Gasteiger partial charge in [-0.3, -0.25) is 9.69 Å². The number of ketones is 1. The Morgan fingerprint density at radius 1 is 1.44 bits per heavy atom. The molecule has 1 aromatic carbocycles. The van der Waals surface area contributed by atoms with E-state index in [2.05, 4.69) is 0 Å². The third-order valence-electron chi connectivity index (χ3n) is 3.63. The summed E-state index contributed by atoms with van der Waals surface area (Å²) in [6, 6.07) is 4.29. The van der Waals surface area contributed by atoms with Crippen molar-refractivity contribution in [3.8, 4) is 0 Å². The fourth-order valence-corrected chi connectivity index (χ4v) is 2.00. The van der Waals surface area contributed by atoms with Gasteiger partial charge in [0.2, 0.25) is 0 Å². The average Bonchev–Trinajstić information content (AvgIpc) is 2.32. The van der Waals surface area contributed by atoms with Gasteiger partial charge in [-0.1, -0.05) is 18.5 Å². The molecule has 0 bridgehead atoms. The zero-order valence-electron chi connectivity index (χ0n) is 11.3. The number of rotatable bonds is 5. The maximum atomic E-state index is 13.6. The van der Waals surface area contributed by atoms with Gasteiger partial charge in [0.1, 0.15) is 5.82 Å². The van der Waals surface area contributed by atoms with Crippen molar-refractivity contribution in [1.29, 1.82) is 0 Å². The molecule has 1 aromatic rings. The molecule has 1 unspecified atom stereocenters. The van der Waals surface area contributed by atoms with Crippen molar-refractivity contribution in [2.24, 2.45) is 0 Å². The van der Waals surface area contributed by atoms with Crippen LogP contribution in [0.4, 0.5) is 4.39 Å². The second-order valence-corrected chi connectivity index (χ2v) is 5.29. The van der Waals surface area contributed by atoms with Crippen LogP contribution in [-0.2, 0) is 11.2 Å². The molecule has 18 heavy (non-hydrogen) atoms. The average molecular weight is 272 g/mol. The maximum absolute atomic E-state index is 13.6. The summed E-state index contributed by atoms with van der Waals surface area (Å²) >= 11 is 5.82. The van der Waals surface area contributed by atoms with Gasteiger partial charge in [0.15, 0.2) is 5.78 Å². The summed E-state index contributed by atoms with van der Waals surface area (Å²) in [6.07, 6.45) is 0.746. The van der Waals surface area contributed by atoms with E-state index in [0.717, 1.165) is 0 Å². The van der Waals surface area contributed by atoms with Crippen LogP contribution in [0.25, 0.3) is 0 Å². The number of carbonyl (C=O) groups excluding carboxylic acids is 1. The standard InChI is InChI=1S/C14H19ClFNO/c1-5-14(2,17(3)4)13(18)9-10-8-11(15)6-7-12(10)16/h6-8H,5,9H2,1-4H3. The van der Waals surface area contributed by atoms with Crippen LogP contribution in [0.15, 0.2) is 18.2 Å². The molecule has 0 spiro atoms. The molecule has 0 amide bonds. The van der Waals surface area contributed by atoms with Crippen molar-refractivity contribution in [2.75, 3.05) is 14.1 Å². The van der Waals surface area contributed by atoms with Crippen molar-refractivity contribution < 1.29 is 9.18 Å². The van der Waals surface area contributed by atoms with Gasteiger partial charge in [-0.05, 0) is 51.2 Å². The van der Waals surface area contributed by atoms with Crippen LogP contribution in [-0.4, -0.2) is 30.3 Å². The van der Waals surface area contributed by atoms with Crippen molar-refractivity contribution in [3.05, 3.63) is 34.6 Å². The molecule has 4 heteroatoms. The second-order valence-electron chi connectivity index (χ2n) is 4.86. The Bertz CT molecular complexity index is 447. The Hall–Kier alpha value is -0.930. The molecule has 0 radical (unpaired) electrons. The highest BCUT2D eigenvalue weighted by molar-refractivity contribution is 6.30. The Morgan fingerprint density at radius 2 is 2.06 bits per heavy atom. The van der Waals surface area contributed by atoms with Gasteiger partial charge in [-0.25, -0.2) is 4.39 Å². The van der Waals surface area contributed by atoms with Gasteiger partial charge in [0.25, 0.3) is 0 Å². The minimum atomic E-state index is -0.575. The number of carbonyl (C=O) groups is 1. The molecule has 2 nitrogen and oxygen atoms in total. The molecule has 1 rings (SSSR count). The lowest BCUT2D eigenvalue weighted by Crippen LogP contribution is -2.48. The Morgan fingerprint density at radius 3 is 2.56 bits per heavy atom. The van der Waals surface area contributed by atoms with E-state index in [-0.39, 0.29) is 18.0 Å². The minimum Gasteiger partial charge on any atom is -0.297 e. The molecule has 0 aliphatic rings. The van der Waals surface area contributed by atoms with Gasteiger partial charge in [0.05, 0.1) is 5.54 Å². The van der Waals surface area contributed by atoms with Crippen molar-refractivity contribution in [3.63, 3.8) is 0 Å². The Labute approximate surface area is 113 Å². The molecule has 0 N–H and O–H groups in total. The van der Waals surface area contributed by atoms with E-state index in [9.17, 15) is 9.18 Å². The smallest absolute Gasteiger partial charge is 0.157 e. The number of nitrogens with zero attached hydrogens (tertiary/aromatic N) is 1.